The van der Waals surface area contributed by atoms with E-state index < -0.39 is 16.9 Å². The molecule has 0 aliphatic heterocycles. The van der Waals surface area contributed by atoms with Crippen molar-refractivity contribution in [1.82, 2.24) is 4.98 Å². The van der Waals surface area contributed by atoms with Gasteiger partial charge in [-0.1, -0.05) is 54.6 Å². The Balaban J connectivity index is 1.90. The van der Waals surface area contributed by atoms with Gasteiger partial charge in [-0.25, -0.2) is 9.78 Å². The van der Waals surface area contributed by atoms with Gasteiger partial charge in [0.25, 0.3) is 5.69 Å². The molecule has 3 aromatic carbocycles. The third-order valence-corrected chi connectivity index (χ3v) is 5.05. The Kier molecular flexibility index (Phi) is 5.75. The van der Waals surface area contributed by atoms with Gasteiger partial charge >= 0.3 is 5.97 Å². The third kappa shape index (κ3) is 4.16. The molecule has 0 saturated carbocycles. The van der Waals surface area contributed by atoms with Crippen LogP contribution in [0.25, 0.3) is 21.8 Å². The highest BCUT2D eigenvalue weighted by molar-refractivity contribution is 6.11. The van der Waals surface area contributed by atoms with Crippen molar-refractivity contribution in [3.63, 3.8) is 0 Å². The van der Waals surface area contributed by atoms with E-state index in [9.17, 15) is 14.9 Å². The molecule has 0 spiro atoms. The molecule has 1 N–H and O–H groups in total. The number of benzene rings is 3. The van der Waals surface area contributed by atoms with Gasteiger partial charge in [-0.15, -0.1) is 0 Å². The topological polar surface area (TPSA) is 94.4 Å². The molecule has 4 aromatic rings. The van der Waals surface area contributed by atoms with Crippen molar-refractivity contribution in [3.8, 4) is 0 Å². The monoisotopic (exact) mass is 415 g/mol. The first-order valence-corrected chi connectivity index (χ1v) is 10.0. The van der Waals surface area contributed by atoms with Crippen LogP contribution >= 0.6 is 0 Å². The Morgan fingerprint density at radius 2 is 1.74 bits per heavy atom. The number of esters is 1. The Hall–Kier alpha value is -4.00. The molecule has 1 aromatic heterocycles. The van der Waals surface area contributed by atoms with Crippen molar-refractivity contribution >= 4 is 39.1 Å². The molecule has 7 nitrogen and oxygen atoms in total. The van der Waals surface area contributed by atoms with Crippen LogP contribution < -0.4 is 5.32 Å². The molecule has 0 saturated heterocycles. The van der Waals surface area contributed by atoms with Crippen LogP contribution in [-0.4, -0.2) is 28.5 Å². The fourth-order valence-electron chi connectivity index (χ4n) is 3.69. The molecule has 156 valence electrons. The number of pyridine rings is 1. The maximum atomic E-state index is 12.8. The van der Waals surface area contributed by atoms with Crippen molar-refractivity contribution in [2.45, 2.75) is 19.4 Å². The number of fused-ring (bicyclic) bond motifs is 2. The highest BCUT2D eigenvalue weighted by Crippen LogP contribution is 2.37. The number of anilines is 1. The molecule has 0 aliphatic rings. The van der Waals surface area contributed by atoms with Crippen molar-refractivity contribution in [1.29, 1.82) is 0 Å². The zero-order valence-electron chi connectivity index (χ0n) is 16.9. The van der Waals surface area contributed by atoms with E-state index in [4.69, 9.17) is 4.74 Å². The summed E-state index contributed by atoms with van der Waals surface area (Å²) in [7, 11) is 0. The molecule has 0 radical (unpaired) electrons. The number of non-ortho nitro benzene ring substituents is 1. The van der Waals surface area contributed by atoms with E-state index in [0.29, 0.717) is 33.9 Å². The average molecular weight is 415 g/mol. The number of hydrogen-bond acceptors (Lipinski definition) is 6. The zero-order valence-corrected chi connectivity index (χ0v) is 16.9. The summed E-state index contributed by atoms with van der Waals surface area (Å²) in [5.74, 6) is -0.418. The van der Waals surface area contributed by atoms with Gasteiger partial charge in [0, 0.05) is 17.9 Å². The average Bonchev–Trinajstić information content (AvgIpc) is 2.78. The fourth-order valence-corrected chi connectivity index (χ4v) is 3.69. The summed E-state index contributed by atoms with van der Waals surface area (Å²) in [6, 6.07) is 21.0. The highest BCUT2D eigenvalue weighted by atomic mass is 16.6. The summed E-state index contributed by atoms with van der Waals surface area (Å²) in [5, 5.41) is 16.1. The Bertz CT molecular complexity index is 1260. The van der Waals surface area contributed by atoms with Crippen LogP contribution in [0.5, 0.6) is 0 Å². The Morgan fingerprint density at radius 1 is 1.03 bits per heavy atom. The highest BCUT2D eigenvalue weighted by Gasteiger charge is 2.25. The lowest BCUT2D eigenvalue weighted by molar-refractivity contribution is -0.383. The minimum absolute atomic E-state index is 0.0689. The number of nitrogens with zero attached hydrogens (tertiary/aromatic N) is 2. The number of carbonyl (C=O) groups excluding carboxylic acids is 1. The molecular formula is C24H21N3O4. The van der Waals surface area contributed by atoms with Gasteiger partial charge in [0.05, 0.1) is 28.3 Å². The molecule has 0 amide bonds. The van der Waals surface area contributed by atoms with Crippen molar-refractivity contribution < 1.29 is 14.5 Å². The number of hydrogen-bond donors (Lipinski definition) is 1. The SMILES string of the molecule is CCOC(=O)C(Cc1ccccc1)Nc1c2ccccc2nc2cccc([N+](=O)[O-])c12. The van der Waals surface area contributed by atoms with Crippen molar-refractivity contribution in [2.24, 2.45) is 0 Å². The van der Waals surface area contributed by atoms with Gasteiger partial charge in [-0.2, -0.15) is 0 Å². The Labute approximate surface area is 178 Å². The molecule has 1 heterocycles. The number of nitrogens with one attached hydrogen (secondary N) is 1. The predicted molar refractivity (Wildman–Crippen MR) is 120 cm³/mol. The van der Waals surface area contributed by atoms with Crippen LogP contribution in [0, 0.1) is 10.1 Å². The third-order valence-electron chi connectivity index (χ3n) is 5.05. The summed E-state index contributed by atoms with van der Waals surface area (Å²) in [4.78, 5) is 28.7. The van der Waals surface area contributed by atoms with Gasteiger partial charge in [-0.05, 0) is 24.6 Å². The van der Waals surface area contributed by atoms with Crippen LogP contribution in [0.3, 0.4) is 0 Å². The second-order valence-electron chi connectivity index (χ2n) is 7.07. The number of ether oxygens (including phenoxy) is 1. The lowest BCUT2D eigenvalue weighted by atomic mass is 10.0. The summed E-state index contributed by atoms with van der Waals surface area (Å²) < 4.78 is 5.30. The maximum absolute atomic E-state index is 12.8. The first-order chi connectivity index (χ1) is 15.1. The van der Waals surface area contributed by atoms with E-state index in [1.165, 1.54) is 6.07 Å². The quantitative estimate of drug-likeness (QED) is 0.200. The molecule has 0 bridgehead atoms. The second kappa shape index (κ2) is 8.79. The maximum Gasteiger partial charge on any atom is 0.328 e. The molecule has 1 atom stereocenters. The molecule has 7 heteroatoms. The van der Waals surface area contributed by atoms with E-state index in [2.05, 4.69) is 10.3 Å². The van der Waals surface area contributed by atoms with Crippen LogP contribution in [0.2, 0.25) is 0 Å². The minimum Gasteiger partial charge on any atom is -0.464 e. The van der Waals surface area contributed by atoms with E-state index in [-0.39, 0.29) is 12.3 Å². The smallest absolute Gasteiger partial charge is 0.328 e. The van der Waals surface area contributed by atoms with Gasteiger partial charge in [-0.3, -0.25) is 10.1 Å². The normalized spacial score (nSPS) is 11.9. The van der Waals surface area contributed by atoms with E-state index >= 15 is 0 Å². The number of nitro groups is 1. The summed E-state index contributed by atoms with van der Waals surface area (Å²) in [6.07, 6.45) is 0.373. The van der Waals surface area contributed by atoms with Crippen LogP contribution in [0.15, 0.2) is 72.8 Å². The number of nitro benzene ring substituents is 1. The first kappa shape index (κ1) is 20.3. The molecule has 31 heavy (non-hydrogen) atoms. The fraction of sp³-hybridized carbons (Fsp3) is 0.167. The molecule has 0 aliphatic carbocycles. The largest absolute Gasteiger partial charge is 0.464 e. The lowest BCUT2D eigenvalue weighted by Gasteiger charge is -2.21. The summed E-state index contributed by atoms with van der Waals surface area (Å²) >= 11 is 0. The van der Waals surface area contributed by atoms with Crippen LogP contribution in [-0.2, 0) is 16.0 Å². The van der Waals surface area contributed by atoms with Crippen LogP contribution in [0.1, 0.15) is 12.5 Å². The predicted octanol–water partition coefficient (Wildman–Crippen LogP) is 4.88. The number of carbonyl (C=O) groups is 1. The number of para-hydroxylation sites is 1. The summed E-state index contributed by atoms with van der Waals surface area (Å²) in [6.45, 7) is 1.99. The van der Waals surface area contributed by atoms with Gasteiger partial charge in [0.1, 0.15) is 11.4 Å². The summed E-state index contributed by atoms with van der Waals surface area (Å²) in [5.41, 5.74) is 2.55. The van der Waals surface area contributed by atoms with Crippen molar-refractivity contribution in [2.75, 3.05) is 11.9 Å². The minimum atomic E-state index is -0.726. The van der Waals surface area contributed by atoms with Gasteiger partial charge in [0.15, 0.2) is 0 Å². The standard InChI is InChI=1S/C24H21N3O4/c1-2-31-24(28)20(15-16-9-4-3-5-10-16)26-23-17-11-6-7-12-18(17)25-19-13-8-14-21(22(19)23)27(29)30/h3-14,20H,2,15H2,1H3,(H,25,26). The Morgan fingerprint density at radius 3 is 2.48 bits per heavy atom. The molecule has 0 fully saturated rings. The van der Waals surface area contributed by atoms with Gasteiger partial charge < -0.3 is 10.1 Å². The number of aromatic nitrogens is 1. The number of rotatable bonds is 7. The van der Waals surface area contributed by atoms with E-state index in [1.807, 2.05) is 54.6 Å². The molecule has 1 unspecified atom stereocenters. The lowest BCUT2D eigenvalue weighted by Crippen LogP contribution is -2.33. The van der Waals surface area contributed by atoms with E-state index in [0.717, 1.165) is 5.56 Å². The van der Waals surface area contributed by atoms with Crippen LogP contribution in [0.4, 0.5) is 11.4 Å². The molecule has 4 rings (SSSR count). The first-order valence-electron chi connectivity index (χ1n) is 10.0. The molecular weight excluding hydrogens is 394 g/mol. The second-order valence-corrected chi connectivity index (χ2v) is 7.07. The van der Waals surface area contributed by atoms with Gasteiger partial charge in [0.2, 0.25) is 0 Å². The van der Waals surface area contributed by atoms with E-state index in [1.54, 1.807) is 19.1 Å². The van der Waals surface area contributed by atoms with Crippen molar-refractivity contribution in [3.05, 3.63) is 88.5 Å². The zero-order chi connectivity index (χ0) is 21.8.